The van der Waals surface area contributed by atoms with Gasteiger partial charge in [-0.1, -0.05) is 6.42 Å². The molecule has 0 bridgehead atoms. The highest BCUT2D eigenvalue weighted by molar-refractivity contribution is 5.85. The second kappa shape index (κ2) is 7.58. The molecular formula is C17H26ClN5O2. The first-order chi connectivity index (χ1) is 11.4. The molecule has 1 saturated carbocycles. The Kier molecular flexibility index (Phi) is 5.90. The van der Waals surface area contributed by atoms with Crippen LogP contribution in [0.1, 0.15) is 36.1 Å². The van der Waals surface area contributed by atoms with Gasteiger partial charge in [0.1, 0.15) is 0 Å². The summed E-state index contributed by atoms with van der Waals surface area (Å²) in [5.41, 5.74) is 8.68. The molecular weight excluding hydrogens is 342 g/mol. The zero-order valence-electron chi connectivity index (χ0n) is 14.9. The molecule has 0 radical (unpaired) electrons. The molecule has 0 spiro atoms. The molecule has 3 rings (SSSR count). The molecule has 7 nitrogen and oxygen atoms in total. The third-order valence-electron chi connectivity index (χ3n) is 5.22. The van der Waals surface area contributed by atoms with Crippen LogP contribution in [0.3, 0.4) is 0 Å². The summed E-state index contributed by atoms with van der Waals surface area (Å²) >= 11 is 0. The van der Waals surface area contributed by atoms with Crippen LogP contribution in [0.4, 0.5) is 0 Å². The molecule has 4 N–H and O–H groups in total. The van der Waals surface area contributed by atoms with E-state index in [4.69, 9.17) is 5.73 Å². The average Bonchev–Trinajstić information content (AvgIpc) is 3.08. The van der Waals surface area contributed by atoms with Gasteiger partial charge in [-0.25, -0.2) is 4.98 Å². The van der Waals surface area contributed by atoms with E-state index < -0.39 is 0 Å². The number of nitrogens with one attached hydrogen (secondary N) is 2. The van der Waals surface area contributed by atoms with Gasteiger partial charge in [0.15, 0.2) is 5.65 Å². The molecule has 25 heavy (non-hydrogen) atoms. The Morgan fingerprint density at radius 1 is 1.40 bits per heavy atom. The van der Waals surface area contributed by atoms with E-state index in [9.17, 15) is 9.59 Å². The van der Waals surface area contributed by atoms with Crippen molar-refractivity contribution in [1.82, 2.24) is 20.1 Å². The van der Waals surface area contributed by atoms with E-state index in [1.165, 1.54) is 0 Å². The number of hydrogen-bond acceptors (Lipinski definition) is 4. The van der Waals surface area contributed by atoms with Gasteiger partial charge in [0.05, 0.1) is 11.8 Å². The molecule has 0 aromatic carbocycles. The second-order valence-corrected chi connectivity index (χ2v) is 6.78. The number of carbonyl (C=O) groups is 1. The maximum atomic E-state index is 12.5. The standard InChI is InChI=1S/C17H25N5O2.ClH/c1-9-12(7-14(23)20-13-6-4-5-11(13)8-18)10(2)19-16-15(9)17(24)21-22(16)3;/h11,13H,4-8,18H2,1-3H3,(H,20,23)(H,21,24);1H. The van der Waals surface area contributed by atoms with E-state index >= 15 is 0 Å². The number of nitrogens with two attached hydrogens (primary N) is 1. The lowest BCUT2D eigenvalue weighted by molar-refractivity contribution is -0.121. The summed E-state index contributed by atoms with van der Waals surface area (Å²) in [7, 11) is 1.76. The van der Waals surface area contributed by atoms with Crippen molar-refractivity contribution < 1.29 is 4.79 Å². The van der Waals surface area contributed by atoms with Crippen LogP contribution in [0.15, 0.2) is 4.79 Å². The van der Waals surface area contributed by atoms with Crippen molar-refractivity contribution in [3.05, 3.63) is 27.2 Å². The Hall–Kier alpha value is -1.86. The zero-order valence-corrected chi connectivity index (χ0v) is 15.7. The van der Waals surface area contributed by atoms with Crippen LogP contribution in [0.5, 0.6) is 0 Å². The van der Waals surface area contributed by atoms with Gasteiger partial charge >= 0.3 is 0 Å². The van der Waals surface area contributed by atoms with Gasteiger partial charge in [-0.3, -0.25) is 19.4 Å². The summed E-state index contributed by atoms with van der Waals surface area (Å²) in [6.07, 6.45) is 3.41. The van der Waals surface area contributed by atoms with Crippen LogP contribution in [-0.4, -0.2) is 33.3 Å². The number of aromatic amines is 1. The van der Waals surface area contributed by atoms with Gasteiger partial charge in [0.25, 0.3) is 5.56 Å². The molecule has 2 aromatic rings. The van der Waals surface area contributed by atoms with Gasteiger partial charge in [-0.15, -0.1) is 12.4 Å². The number of aryl methyl sites for hydroxylation is 3. The number of halogens is 1. The average molecular weight is 368 g/mol. The van der Waals surface area contributed by atoms with E-state index in [1.807, 2.05) is 13.8 Å². The SMILES string of the molecule is Cc1nc2c(c(C)c1CC(=O)NC1CCCC1CN)c(=O)[nH]n2C.Cl. The van der Waals surface area contributed by atoms with Crippen LogP contribution in [0.2, 0.25) is 0 Å². The maximum absolute atomic E-state index is 12.5. The molecule has 1 fully saturated rings. The number of H-pyrrole nitrogens is 1. The Bertz CT molecular complexity index is 842. The van der Waals surface area contributed by atoms with Crippen LogP contribution in [0, 0.1) is 19.8 Å². The number of aromatic nitrogens is 3. The number of pyridine rings is 1. The van der Waals surface area contributed by atoms with Gasteiger partial charge in [-0.05, 0) is 50.3 Å². The molecule has 2 unspecified atom stereocenters. The van der Waals surface area contributed by atoms with E-state index in [0.717, 1.165) is 36.1 Å². The lowest BCUT2D eigenvalue weighted by Crippen LogP contribution is -2.40. The van der Waals surface area contributed by atoms with Crippen LogP contribution >= 0.6 is 12.4 Å². The number of hydrogen-bond donors (Lipinski definition) is 3. The van der Waals surface area contributed by atoms with Gasteiger partial charge < -0.3 is 11.1 Å². The minimum atomic E-state index is -0.168. The molecule has 2 heterocycles. The molecule has 138 valence electrons. The third-order valence-corrected chi connectivity index (χ3v) is 5.22. The first-order valence-corrected chi connectivity index (χ1v) is 8.46. The molecule has 1 amide bonds. The summed E-state index contributed by atoms with van der Waals surface area (Å²) in [5.74, 6) is 0.341. The van der Waals surface area contributed by atoms with E-state index in [1.54, 1.807) is 11.7 Å². The first kappa shape index (κ1) is 19.5. The summed E-state index contributed by atoms with van der Waals surface area (Å²) in [5, 5.41) is 6.39. The summed E-state index contributed by atoms with van der Waals surface area (Å²) in [6.45, 7) is 4.37. The molecule has 0 aliphatic heterocycles. The smallest absolute Gasteiger partial charge is 0.273 e. The summed E-state index contributed by atoms with van der Waals surface area (Å²) < 4.78 is 1.62. The summed E-state index contributed by atoms with van der Waals surface area (Å²) in [4.78, 5) is 29.1. The van der Waals surface area contributed by atoms with Gasteiger partial charge in [0, 0.05) is 18.8 Å². The maximum Gasteiger partial charge on any atom is 0.273 e. The predicted octanol–water partition coefficient (Wildman–Crippen LogP) is 1.09. The van der Waals surface area contributed by atoms with Crippen molar-refractivity contribution in [2.24, 2.45) is 18.7 Å². The molecule has 2 aromatic heterocycles. The molecule has 8 heteroatoms. The monoisotopic (exact) mass is 367 g/mol. The number of rotatable bonds is 4. The first-order valence-electron chi connectivity index (χ1n) is 8.46. The molecule has 0 saturated heterocycles. The number of carbonyl (C=O) groups excluding carboxylic acids is 1. The molecule has 1 aliphatic rings. The molecule has 2 atom stereocenters. The lowest BCUT2D eigenvalue weighted by atomic mass is 10.00. The van der Waals surface area contributed by atoms with Crippen molar-refractivity contribution in [3.8, 4) is 0 Å². The van der Waals surface area contributed by atoms with E-state index in [0.29, 0.717) is 23.5 Å². The number of amides is 1. The highest BCUT2D eigenvalue weighted by atomic mass is 35.5. The number of nitrogens with zero attached hydrogens (tertiary/aromatic N) is 2. The van der Waals surface area contributed by atoms with Crippen LogP contribution in [0.25, 0.3) is 11.0 Å². The quantitative estimate of drug-likeness (QED) is 0.751. The van der Waals surface area contributed by atoms with Crippen LogP contribution < -0.4 is 16.6 Å². The highest BCUT2D eigenvalue weighted by Gasteiger charge is 2.27. The van der Waals surface area contributed by atoms with Gasteiger partial charge in [0.2, 0.25) is 5.91 Å². The largest absolute Gasteiger partial charge is 0.353 e. The Labute approximate surface area is 152 Å². The van der Waals surface area contributed by atoms with Crippen molar-refractivity contribution in [3.63, 3.8) is 0 Å². The van der Waals surface area contributed by atoms with Crippen molar-refractivity contribution in [2.45, 2.75) is 45.6 Å². The fourth-order valence-corrected chi connectivity index (χ4v) is 3.84. The zero-order chi connectivity index (χ0) is 17.4. The molecule has 1 aliphatic carbocycles. The minimum absolute atomic E-state index is 0. The van der Waals surface area contributed by atoms with E-state index in [-0.39, 0.29) is 36.3 Å². The Balaban J connectivity index is 0.00000225. The van der Waals surface area contributed by atoms with E-state index in [2.05, 4.69) is 15.4 Å². The Morgan fingerprint density at radius 3 is 2.80 bits per heavy atom. The Morgan fingerprint density at radius 2 is 2.12 bits per heavy atom. The summed E-state index contributed by atoms with van der Waals surface area (Å²) in [6, 6.07) is 0.167. The van der Waals surface area contributed by atoms with Crippen molar-refractivity contribution >= 4 is 29.3 Å². The second-order valence-electron chi connectivity index (χ2n) is 6.78. The van der Waals surface area contributed by atoms with Crippen molar-refractivity contribution in [2.75, 3.05) is 6.54 Å². The van der Waals surface area contributed by atoms with Crippen LogP contribution in [-0.2, 0) is 18.3 Å². The minimum Gasteiger partial charge on any atom is -0.353 e. The highest BCUT2D eigenvalue weighted by Crippen LogP contribution is 2.25. The van der Waals surface area contributed by atoms with Crippen molar-refractivity contribution in [1.29, 1.82) is 0 Å². The fourth-order valence-electron chi connectivity index (χ4n) is 3.84. The topological polar surface area (TPSA) is 106 Å². The number of fused-ring (bicyclic) bond motifs is 1. The fraction of sp³-hybridized carbons (Fsp3) is 0.588. The third kappa shape index (κ3) is 3.57. The van der Waals surface area contributed by atoms with Gasteiger partial charge in [-0.2, -0.15) is 0 Å². The normalized spacial score (nSPS) is 19.8. The lowest BCUT2D eigenvalue weighted by Gasteiger charge is -2.20. The predicted molar refractivity (Wildman–Crippen MR) is 100 cm³/mol.